The molecule has 1 aromatic heterocycles. The summed E-state index contributed by atoms with van der Waals surface area (Å²) in [5.74, 6) is 1.10. The SMILES string of the molecule is Cc1noc(-c2ccc(P(C)(C)=O)cc2)n1. The van der Waals surface area contributed by atoms with Gasteiger partial charge in [0.15, 0.2) is 5.82 Å². The highest BCUT2D eigenvalue weighted by atomic mass is 31.2. The maximum absolute atomic E-state index is 11.8. The molecule has 2 rings (SSSR count). The number of aromatic nitrogens is 2. The van der Waals surface area contributed by atoms with Crippen LogP contribution in [-0.4, -0.2) is 23.5 Å². The molecule has 16 heavy (non-hydrogen) atoms. The minimum atomic E-state index is -2.19. The van der Waals surface area contributed by atoms with Gasteiger partial charge in [-0.3, -0.25) is 0 Å². The maximum Gasteiger partial charge on any atom is 0.257 e. The first-order valence-corrected chi connectivity index (χ1v) is 7.53. The Kier molecular flexibility index (Phi) is 2.68. The maximum atomic E-state index is 11.8. The molecular weight excluding hydrogens is 223 g/mol. The Morgan fingerprint density at radius 1 is 1.19 bits per heavy atom. The van der Waals surface area contributed by atoms with Crippen LogP contribution < -0.4 is 5.30 Å². The third-order valence-corrected chi connectivity index (χ3v) is 3.81. The van der Waals surface area contributed by atoms with Gasteiger partial charge in [0.1, 0.15) is 7.14 Å². The van der Waals surface area contributed by atoms with Crippen molar-refractivity contribution >= 4 is 12.4 Å². The predicted molar refractivity (Wildman–Crippen MR) is 63.6 cm³/mol. The van der Waals surface area contributed by atoms with Crippen LogP contribution in [0.2, 0.25) is 0 Å². The molecule has 1 heterocycles. The molecule has 0 spiro atoms. The van der Waals surface area contributed by atoms with Gasteiger partial charge >= 0.3 is 0 Å². The summed E-state index contributed by atoms with van der Waals surface area (Å²) >= 11 is 0. The number of hydrogen-bond acceptors (Lipinski definition) is 4. The van der Waals surface area contributed by atoms with Crippen molar-refractivity contribution in [2.75, 3.05) is 13.3 Å². The highest BCUT2D eigenvalue weighted by Crippen LogP contribution is 2.34. The van der Waals surface area contributed by atoms with Gasteiger partial charge in [-0.2, -0.15) is 4.98 Å². The topological polar surface area (TPSA) is 56.0 Å². The summed E-state index contributed by atoms with van der Waals surface area (Å²) in [5, 5.41) is 4.58. The molecular formula is C11H13N2O2P. The molecule has 0 saturated heterocycles. The zero-order valence-corrected chi connectivity index (χ0v) is 10.4. The van der Waals surface area contributed by atoms with Crippen LogP contribution in [0.5, 0.6) is 0 Å². The number of rotatable bonds is 2. The van der Waals surface area contributed by atoms with Crippen molar-refractivity contribution in [2.45, 2.75) is 6.92 Å². The highest BCUT2D eigenvalue weighted by Gasteiger charge is 2.12. The fourth-order valence-electron chi connectivity index (χ4n) is 1.38. The lowest BCUT2D eigenvalue weighted by Crippen LogP contribution is -2.01. The van der Waals surface area contributed by atoms with Crippen LogP contribution in [0.4, 0.5) is 0 Å². The van der Waals surface area contributed by atoms with E-state index in [1.165, 1.54) is 0 Å². The number of hydrogen-bond donors (Lipinski definition) is 0. The van der Waals surface area contributed by atoms with E-state index in [4.69, 9.17) is 4.52 Å². The molecule has 0 saturated carbocycles. The van der Waals surface area contributed by atoms with Crippen LogP contribution in [0.25, 0.3) is 11.5 Å². The summed E-state index contributed by atoms with van der Waals surface area (Å²) in [7, 11) is -2.19. The van der Waals surface area contributed by atoms with E-state index in [1.807, 2.05) is 24.3 Å². The Morgan fingerprint density at radius 2 is 1.81 bits per heavy atom. The van der Waals surface area contributed by atoms with Crippen LogP contribution in [0.15, 0.2) is 28.8 Å². The quantitative estimate of drug-likeness (QED) is 0.750. The molecule has 0 unspecified atom stereocenters. The Morgan fingerprint density at radius 3 is 2.25 bits per heavy atom. The van der Waals surface area contributed by atoms with Gasteiger partial charge in [0.2, 0.25) is 0 Å². The Balaban J connectivity index is 2.37. The van der Waals surface area contributed by atoms with E-state index in [0.29, 0.717) is 11.7 Å². The number of aryl methyl sites for hydroxylation is 1. The molecule has 0 aliphatic carbocycles. The summed E-state index contributed by atoms with van der Waals surface area (Å²) < 4.78 is 16.9. The fraction of sp³-hybridized carbons (Fsp3) is 0.273. The first-order chi connectivity index (χ1) is 7.47. The summed E-state index contributed by atoms with van der Waals surface area (Å²) in [4.78, 5) is 4.13. The van der Waals surface area contributed by atoms with Crippen molar-refractivity contribution in [2.24, 2.45) is 0 Å². The molecule has 0 atom stereocenters. The lowest BCUT2D eigenvalue weighted by Gasteiger charge is -2.06. The third kappa shape index (κ3) is 2.22. The van der Waals surface area contributed by atoms with Gasteiger partial charge in [0.05, 0.1) is 0 Å². The lowest BCUT2D eigenvalue weighted by atomic mass is 10.2. The van der Waals surface area contributed by atoms with Crippen molar-refractivity contribution in [3.8, 4) is 11.5 Å². The average molecular weight is 236 g/mol. The van der Waals surface area contributed by atoms with E-state index in [2.05, 4.69) is 10.1 Å². The minimum Gasteiger partial charge on any atom is -0.334 e. The first kappa shape index (κ1) is 11.1. The van der Waals surface area contributed by atoms with Crippen molar-refractivity contribution < 1.29 is 9.09 Å². The van der Waals surface area contributed by atoms with Crippen LogP contribution in [0.3, 0.4) is 0 Å². The van der Waals surface area contributed by atoms with Gasteiger partial charge in [0, 0.05) is 10.9 Å². The third-order valence-electron chi connectivity index (χ3n) is 2.26. The lowest BCUT2D eigenvalue weighted by molar-refractivity contribution is 0.425. The molecule has 84 valence electrons. The monoisotopic (exact) mass is 236 g/mol. The molecule has 1 aromatic carbocycles. The standard InChI is InChI=1S/C11H13N2O2P/c1-8-12-11(15-13-8)9-4-6-10(7-5-9)16(2,3)14/h4-7H,1-3H3. The zero-order valence-electron chi connectivity index (χ0n) is 9.47. The Hall–Kier alpha value is -1.41. The highest BCUT2D eigenvalue weighted by molar-refractivity contribution is 7.70. The molecule has 0 bridgehead atoms. The smallest absolute Gasteiger partial charge is 0.257 e. The van der Waals surface area contributed by atoms with Crippen molar-refractivity contribution in [3.05, 3.63) is 30.1 Å². The summed E-state index contributed by atoms with van der Waals surface area (Å²) in [5.41, 5.74) is 0.845. The largest absolute Gasteiger partial charge is 0.334 e. The number of benzene rings is 1. The van der Waals surface area contributed by atoms with Gasteiger partial charge in [-0.25, -0.2) is 0 Å². The van der Waals surface area contributed by atoms with E-state index in [-0.39, 0.29) is 0 Å². The van der Waals surface area contributed by atoms with Crippen molar-refractivity contribution in [3.63, 3.8) is 0 Å². The van der Waals surface area contributed by atoms with E-state index in [0.717, 1.165) is 10.9 Å². The molecule has 0 aliphatic rings. The first-order valence-electron chi connectivity index (χ1n) is 4.93. The van der Waals surface area contributed by atoms with Gasteiger partial charge in [0.25, 0.3) is 5.89 Å². The molecule has 0 fully saturated rings. The zero-order chi connectivity index (χ0) is 11.8. The molecule has 4 nitrogen and oxygen atoms in total. The molecule has 0 aliphatic heterocycles. The van der Waals surface area contributed by atoms with E-state index < -0.39 is 7.14 Å². The Bertz CT molecular complexity index is 539. The van der Waals surface area contributed by atoms with Crippen LogP contribution in [0, 0.1) is 6.92 Å². The van der Waals surface area contributed by atoms with Crippen molar-refractivity contribution in [1.82, 2.24) is 10.1 Å². The normalized spacial score (nSPS) is 11.7. The van der Waals surface area contributed by atoms with Crippen LogP contribution >= 0.6 is 7.14 Å². The molecule has 0 N–H and O–H groups in total. The van der Waals surface area contributed by atoms with E-state index in [1.54, 1.807) is 20.3 Å². The minimum absolute atomic E-state index is 0.492. The molecule has 0 radical (unpaired) electrons. The van der Waals surface area contributed by atoms with Gasteiger partial charge in [-0.05, 0) is 32.4 Å². The molecule has 0 amide bonds. The summed E-state index contributed by atoms with van der Waals surface area (Å²) in [6, 6.07) is 7.38. The van der Waals surface area contributed by atoms with Gasteiger partial charge in [-0.15, -0.1) is 0 Å². The Labute approximate surface area is 94.1 Å². The van der Waals surface area contributed by atoms with Gasteiger partial charge in [-0.1, -0.05) is 17.3 Å². The summed E-state index contributed by atoms with van der Waals surface area (Å²) in [6.07, 6.45) is 0. The second-order valence-corrected chi connectivity index (χ2v) is 7.26. The van der Waals surface area contributed by atoms with Crippen molar-refractivity contribution in [1.29, 1.82) is 0 Å². The van der Waals surface area contributed by atoms with Crippen LogP contribution in [0.1, 0.15) is 5.82 Å². The van der Waals surface area contributed by atoms with E-state index in [9.17, 15) is 4.57 Å². The van der Waals surface area contributed by atoms with Gasteiger partial charge < -0.3 is 9.09 Å². The predicted octanol–water partition coefficient (Wildman–Crippen LogP) is 2.29. The van der Waals surface area contributed by atoms with E-state index >= 15 is 0 Å². The second-order valence-electron chi connectivity index (χ2n) is 4.04. The summed E-state index contributed by atoms with van der Waals surface area (Å²) in [6.45, 7) is 5.27. The van der Waals surface area contributed by atoms with Crippen LogP contribution in [-0.2, 0) is 4.57 Å². The molecule has 2 aromatic rings. The second kappa shape index (κ2) is 3.87. The number of nitrogens with zero attached hydrogens (tertiary/aromatic N) is 2. The fourth-order valence-corrected chi connectivity index (χ4v) is 2.24. The average Bonchev–Trinajstić information content (AvgIpc) is 2.64. The molecule has 5 heteroatoms.